The number of carbonyl (C=O) groups excluding carboxylic acids is 1. The Kier molecular flexibility index (Phi) is 6.41. The number of thioether (sulfide) groups is 1. The van der Waals surface area contributed by atoms with Gasteiger partial charge in [-0.15, -0.1) is 0 Å². The predicted molar refractivity (Wildman–Crippen MR) is 128 cm³/mol. The van der Waals surface area contributed by atoms with Crippen molar-refractivity contribution in [3.8, 4) is 0 Å². The van der Waals surface area contributed by atoms with Crippen LogP contribution in [0.2, 0.25) is 0 Å². The second-order valence-corrected chi connectivity index (χ2v) is 8.55. The second-order valence-electron chi connectivity index (χ2n) is 7.61. The number of aromatic nitrogens is 4. The van der Waals surface area contributed by atoms with Gasteiger partial charge in [-0.1, -0.05) is 54.2 Å². The number of carbonyl (C=O) groups is 1. The van der Waals surface area contributed by atoms with E-state index in [-0.39, 0.29) is 17.2 Å². The van der Waals surface area contributed by atoms with E-state index in [0.29, 0.717) is 29.0 Å². The molecule has 0 aliphatic heterocycles. The topological polar surface area (TPSA) is 81.8 Å². The van der Waals surface area contributed by atoms with E-state index in [2.05, 4.69) is 10.4 Å². The van der Waals surface area contributed by atoms with E-state index in [9.17, 15) is 9.59 Å². The minimum Gasteiger partial charge on any atom is -0.322 e. The summed E-state index contributed by atoms with van der Waals surface area (Å²) in [4.78, 5) is 30.5. The van der Waals surface area contributed by atoms with Crippen LogP contribution in [-0.4, -0.2) is 31.0 Å². The summed E-state index contributed by atoms with van der Waals surface area (Å²) in [5.41, 5.74) is 4.08. The summed E-state index contributed by atoms with van der Waals surface area (Å²) in [6.45, 7) is 4.27. The SMILES string of the molecule is Cc1nn(C)c(C)c1NC(=O)CSc1nc2ccccc2c(=O)n1CCc1ccccc1. The first-order valence-corrected chi connectivity index (χ1v) is 11.4. The van der Waals surface area contributed by atoms with Crippen LogP contribution in [0.3, 0.4) is 0 Å². The molecule has 8 heteroatoms. The van der Waals surface area contributed by atoms with Crippen molar-refractivity contribution in [2.45, 2.75) is 32.0 Å². The molecule has 2 aromatic heterocycles. The fourth-order valence-electron chi connectivity index (χ4n) is 3.60. The van der Waals surface area contributed by atoms with Gasteiger partial charge in [0.25, 0.3) is 5.56 Å². The molecule has 0 bridgehead atoms. The van der Waals surface area contributed by atoms with E-state index < -0.39 is 0 Å². The van der Waals surface area contributed by atoms with Crippen molar-refractivity contribution in [2.75, 3.05) is 11.1 Å². The average molecular weight is 448 g/mol. The van der Waals surface area contributed by atoms with Crippen LogP contribution in [-0.2, 0) is 24.8 Å². The zero-order chi connectivity index (χ0) is 22.7. The van der Waals surface area contributed by atoms with Gasteiger partial charge in [-0.2, -0.15) is 5.10 Å². The van der Waals surface area contributed by atoms with Crippen LogP contribution in [0.25, 0.3) is 10.9 Å². The summed E-state index contributed by atoms with van der Waals surface area (Å²) in [5, 5.41) is 8.39. The van der Waals surface area contributed by atoms with Crippen molar-refractivity contribution in [1.29, 1.82) is 0 Å². The third-order valence-corrected chi connectivity index (χ3v) is 6.38. The molecule has 4 aromatic rings. The molecule has 0 radical (unpaired) electrons. The molecule has 0 aliphatic rings. The minimum atomic E-state index is -0.161. The van der Waals surface area contributed by atoms with Gasteiger partial charge in [0.2, 0.25) is 5.91 Å². The Labute approximate surface area is 190 Å². The van der Waals surface area contributed by atoms with E-state index in [1.54, 1.807) is 15.3 Å². The Bertz CT molecular complexity index is 1330. The molecule has 164 valence electrons. The van der Waals surface area contributed by atoms with Gasteiger partial charge < -0.3 is 5.32 Å². The van der Waals surface area contributed by atoms with Crippen LogP contribution >= 0.6 is 11.8 Å². The molecule has 0 saturated carbocycles. The van der Waals surface area contributed by atoms with E-state index >= 15 is 0 Å². The standard InChI is InChI=1S/C24H25N5O2S/c1-16-22(17(2)28(3)27-16)26-21(30)15-32-24-25-20-12-8-7-11-19(20)23(31)29(24)14-13-18-9-5-4-6-10-18/h4-12H,13-15H2,1-3H3,(H,26,30). The molecular formula is C24H25N5O2S. The van der Waals surface area contributed by atoms with Crippen molar-refractivity contribution in [3.05, 3.63) is 81.9 Å². The van der Waals surface area contributed by atoms with Gasteiger partial charge >= 0.3 is 0 Å². The second kappa shape index (κ2) is 9.40. The lowest BCUT2D eigenvalue weighted by molar-refractivity contribution is -0.113. The van der Waals surface area contributed by atoms with Gasteiger partial charge in [0.15, 0.2) is 5.16 Å². The summed E-state index contributed by atoms with van der Waals surface area (Å²) in [6.07, 6.45) is 0.703. The van der Waals surface area contributed by atoms with Crippen LogP contribution in [0.15, 0.2) is 64.5 Å². The number of benzene rings is 2. The zero-order valence-electron chi connectivity index (χ0n) is 18.3. The molecule has 0 aliphatic carbocycles. The molecule has 4 rings (SSSR count). The molecule has 0 saturated heterocycles. The van der Waals surface area contributed by atoms with Gasteiger partial charge in [-0.05, 0) is 38.0 Å². The highest BCUT2D eigenvalue weighted by molar-refractivity contribution is 7.99. The highest BCUT2D eigenvalue weighted by Gasteiger charge is 2.16. The van der Waals surface area contributed by atoms with Crippen molar-refractivity contribution in [3.63, 3.8) is 0 Å². The van der Waals surface area contributed by atoms with Crippen LogP contribution in [0.4, 0.5) is 5.69 Å². The Morgan fingerprint density at radius 3 is 2.50 bits per heavy atom. The van der Waals surface area contributed by atoms with Crippen molar-refractivity contribution in [1.82, 2.24) is 19.3 Å². The maximum atomic E-state index is 13.2. The van der Waals surface area contributed by atoms with Gasteiger partial charge in [-0.25, -0.2) is 4.98 Å². The lowest BCUT2D eigenvalue weighted by atomic mass is 10.1. The number of amides is 1. The molecule has 32 heavy (non-hydrogen) atoms. The van der Waals surface area contributed by atoms with E-state index in [1.807, 2.05) is 69.4 Å². The number of fused-ring (bicyclic) bond motifs is 1. The first-order valence-electron chi connectivity index (χ1n) is 10.4. The largest absolute Gasteiger partial charge is 0.322 e. The molecule has 0 atom stereocenters. The fraction of sp³-hybridized carbons (Fsp3) is 0.250. The molecule has 1 N–H and O–H groups in total. The number of hydrogen-bond acceptors (Lipinski definition) is 5. The Hall–Kier alpha value is -3.39. The van der Waals surface area contributed by atoms with Gasteiger partial charge in [0.1, 0.15) is 0 Å². The van der Waals surface area contributed by atoms with Crippen LogP contribution in [0.1, 0.15) is 17.0 Å². The number of hydrogen-bond donors (Lipinski definition) is 1. The molecule has 7 nitrogen and oxygen atoms in total. The number of nitrogens with one attached hydrogen (secondary N) is 1. The van der Waals surface area contributed by atoms with Gasteiger partial charge in [-0.3, -0.25) is 18.8 Å². The van der Waals surface area contributed by atoms with Crippen molar-refractivity contribution in [2.24, 2.45) is 7.05 Å². The first-order chi connectivity index (χ1) is 15.4. The number of para-hydroxylation sites is 1. The van der Waals surface area contributed by atoms with Gasteiger partial charge in [0, 0.05) is 13.6 Å². The van der Waals surface area contributed by atoms with Crippen LogP contribution in [0.5, 0.6) is 0 Å². The third kappa shape index (κ3) is 4.60. The number of nitrogens with zero attached hydrogens (tertiary/aromatic N) is 4. The first kappa shape index (κ1) is 21.8. The van der Waals surface area contributed by atoms with Gasteiger partial charge in [0.05, 0.1) is 33.7 Å². The fourth-order valence-corrected chi connectivity index (χ4v) is 4.43. The number of rotatable bonds is 7. The normalized spacial score (nSPS) is 11.1. The quantitative estimate of drug-likeness (QED) is 0.345. The third-order valence-electron chi connectivity index (χ3n) is 5.40. The summed E-state index contributed by atoms with van der Waals surface area (Å²) in [5.74, 6) is -0.0182. The van der Waals surface area contributed by atoms with E-state index in [0.717, 1.165) is 22.6 Å². The van der Waals surface area contributed by atoms with Crippen molar-refractivity contribution >= 4 is 34.3 Å². The highest BCUT2D eigenvalue weighted by Crippen LogP contribution is 2.21. The maximum absolute atomic E-state index is 13.2. The molecule has 0 fully saturated rings. The maximum Gasteiger partial charge on any atom is 0.262 e. The zero-order valence-corrected chi connectivity index (χ0v) is 19.1. The molecule has 2 aromatic carbocycles. The smallest absolute Gasteiger partial charge is 0.262 e. The van der Waals surface area contributed by atoms with E-state index in [4.69, 9.17) is 4.98 Å². The summed E-state index contributed by atoms with van der Waals surface area (Å²) < 4.78 is 3.41. The summed E-state index contributed by atoms with van der Waals surface area (Å²) in [7, 11) is 1.84. The Morgan fingerprint density at radius 2 is 1.78 bits per heavy atom. The van der Waals surface area contributed by atoms with Crippen molar-refractivity contribution < 1.29 is 4.79 Å². The lowest BCUT2D eigenvalue weighted by Gasteiger charge is -2.13. The monoisotopic (exact) mass is 447 g/mol. The average Bonchev–Trinajstić information content (AvgIpc) is 3.04. The molecule has 1 amide bonds. The van der Waals surface area contributed by atoms with Crippen LogP contribution in [0, 0.1) is 13.8 Å². The highest BCUT2D eigenvalue weighted by atomic mass is 32.2. The molecule has 0 spiro atoms. The Balaban J connectivity index is 1.57. The van der Waals surface area contributed by atoms with E-state index in [1.165, 1.54) is 11.8 Å². The lowest BCUT2D eigenvalue weighted by Crippen LogP contribution is -2.25. The summed E-state index contributed by atoms with van der Waals surface area (Å²) >= 11 is 1.27. The number of aryl methyl sites for hydroxylation is 3. The minimum absolute atomic E-state index is 0.0895. The molecule has 0 unspecified atom stereocenters. The molecular weight excluding hydrogens is 422 g/mol. The molecule has 2 heterocycles. The Morgan fingerprint density at radius 1 is 1.06 bits per heavy atom. The predicted octanol–water partition coefficient (Wildman–Crippen LogP) is 3.72. The number of anilines is 1. The summed E-state index contributed by atoms with van der Waals surface area (Å²) in [6, 6.07) is 17.3. The van der Waals surface area contributed by atoms with Crippen LogP contribution < -0.4 is 10.9 Å².